The Bertz CT molecular complexity index is 739. The summed E-state index contributed by atoms with van der Waals surface area (Å²) in [5.41, 5.74) is 4.35. The fourth-order valence-electron chi connectivity index (χ4n) is 2.64. The summed E-state index contributed by atoms with van der Waals surface area (Å²) in [5.74, 6) is 0. The smallest absolute Gasteiger partial charge is 0.0682 e. The normalized spacial score (nSPS) is 11.3. The number of aryl methyl sites for hydroxylation is 2. The molecule has 0 radical (unpaired) electrons. The molecular weight excluding hydrogens is 250 g/mol. The summed E-state index contributed by atoms with van der Waals surface area (Å²) in [7, 11) is 0. The molecule has 2 heterocycles. The van der Waals surface area contributed by atoms with Crippen LogP contribution in [-0.2, 0) is 19.7 Å². The van der Waals surface area contributed by atoms with Crippen LogP contribution in [-0.4, -0.2) is 19.5 Å². The van der Waals surface area contributed by atoms with E-state index in [1.54, 1.807) is 0 Å². The standard InChI is InChI=1S/C16H19N3O/c1-3-19-15(8-12(2)17-19)10-18-7-6-14-5-4-13(11-20)9-16(14)18/h4-9,20H,3,10-11H2,1-2H3. The van der Waals surface area contributed by atoms with Gasteiger partial charge >= 0.3 is 0 Å². The number of benzene rings is 1. The summed E-state index contributed by atoms with van der Waals surface area (Å²) in [6.45, 7) is 5.88. The van der Waals surface area contributed by atoms with E-state index < -0.39 is 0 Å². The first-order chi connectivity index (χ1) is 9.71. The van der Waals surface area contributed by atoms with E-state index in [0.29, 0.717) is 0 Å². The van der Waals surface area contributed by atoms with Gasteiger partial charge in [-0.25, -0.2) is 0 Å². The van der Waals surface area contributed by atoms with Gasteiger partial charge in [-0.15, -0.1) is 0 Å². The zero-order valence-corrected chi connectivity index (χ0v) is 11.9. The molecule has 1 N–H and O–H groups in total. The first kappa shape index (κ1) is 12.9. The fraction of sp³-hybridized carbons (Fsp3) is 0.312. The summed E-state index contributed by atoms with van der Waals surface area (Å²) in [5, 5.41) is 15.0. The number of hydrogen-bond acceptors (Lipinski definition) is 2. The molecule has 2 aromatic heterocycles. The number of aliphatic hydroxyl groups is 1. The van der Waals surface area contributed by atoms with Gasteiger partial charge in [-0.3, -0.25) is 4.68 Å². The number of aromatic nitrogens is 3. The number of nitrogens with zero attached hydrogens (tertiary/aromatic N) is 3. The van der Waals surface area contributed by atoms with Crippen molar-refractivity contribution in [3.05, 3.63) is 53.5 Å². The van der Waals surface area contributed by atoms with Crippen molar-refractivity contribution >= 4 is 10.9 Å². The van der Waals surface area contributed by atoms with Crippen LogP contribution in [0.25, 0.3) is 10.9 Å². The molecule has 0 atom stereocenters. The van der Waals surface area contributed by atoms with Gasteiger partial charge in [0.05, 0.1) is 24.5 Å². The molecule has 0 aliphatic heterocycles. The third-order valence-electron chi connectivity index (χ3n) is 3.64. The van der Waals surface area contributed by atoms with Crippen molar-refractivity contribution in [3.63, 3.8) is 0 Å². The Hall–Kier alpha value is -2.07. The van der Waals surface area contributed by atoms with Crippen LogP contribution in [0.5, 0.6) is 0 Å². The topological polar surface area (TPSA) is 43.0 Å². The number of aliphatic hydroxyl groups excluding tert-OH is 1. The van der Waals surface area contributed by atoms with Gasteiger partial charge in [-0.1, -0.05) is 12.1 Å². The van der Waals surface area contributed by atoms with E-state index >= 15 is 0 Å². The predicted octanol–water partition coefficient (Wildman–Crippen LogP) is 2.71. The van der Waals surface area contributed by atoms with Gasteiger partial charge in [0, 0.05) is 18.3 Å². The minimum atomic E-state index is 0.0765. The monoisotopic (exact) mass is 269 g/mol. The van der Waals surface area contributed by atoms with Gasteiger partial charge in [0.25, 0.3) is 0 Å². The fourth-order valence-corrected chi connectivity index (χ4v) is 2.64. The average molecular weight is 269 g/mol. The molecule has 20 heavy (non-hydrogen) atoms. The van der Waals surface area contributed by atoms with Crippen molar-refractivity contribution in [2.45, 2.75) is 33.5 Å². The first-order valence-corrected chi connectivity index (χ1v) is 6.93. The Morgan fingerprint density at radius 2 is 2.05 bits per heavy atom. The van der Waals surface area contributed by atoms with Gasteiger partial charge in [0.1, 0.15) is 0 Å². The summed E-state index contributed by atoms with van der Waals surface area (Å²) >= 11 is 0. The molecule has 0 aliphatic rings. The summed E-state index contributed by atoms with van der Waals surface area (Å²) in [6.07, 6.45) is 2.09. The lowest BCUT2D eigenvalue weighted by Crippen LogP contribution is -2.07. The molecule has 0 amide bonds. The van der Waals surface area contributed by atoms with Crippen LogP contribution < -0.4 is 0 Å². The Balaban J connectivity index is 2.01. The van der Waals surface area contributed by atoms with Crippen LogP contribution in [0.15, 0.2) is 36.5 Å². The molecule has 0 spiro atoms. The number of fused-ring (bicyclic) bond motifs is 1. The van der Waals surface area contributed by atoms with E-state index in [1.807, 2.05) is 17.7 Å². The van der Waals surface area contributed by atoms with E-state index in [1.165, 1.54) is 11.1 Å². The molecule has 0 aliphatic carbocycles. The molecule has 4 nitrogen and oxygen atoms in total. The lowest BCUT2D eigenvalue weighted by molar-refractivity contribution is 0.282. The largest absolute Gasteiger partial charge is 0.392 e. The van der Waals surface area contributed by atoms with Crippen LogP contribution in [0.4, 0.5) is 0 Å². The molecule has 0 unspecified atom stereocenters. The SMILES string of the molecule is CCn1nc(C)cc1Cn1ccc2ccc(CO)cc21. The van der Waals surface area contributed by atoms with Crippen LogP contribution >= 0.6 is 0 Å². The molecule has 3 rings (SSSR count). The molecule has 0 saturated heterocycles. The quantitative estimate of drug-likeness (QED) is 0.791. The van der Waals surface area contributed by atoms with Crippen LogP contribution in [0.3, 0.4) is 0 Å². The second kappa shape index (κ2) is 5.13. The van der Waals surface area contributed by atoms with Crippen molar-refractivity contribution in [2.24, 2.45) is 0 Å². The number of hydrogen-bond donors (Lipinski definition) is 1. The Morgan fingerprint density at radius 3 is 2.80 bits per heavy atom. The lowest BCUT2D eigenvalue weighted by Gasteiger charge is -2.08. The van der Waals surface area contributed by atoms with E-state index in [-0.39, 0.29) is 6.61 Å². The third-order valence-corrected chi connectivity index (χ3v) is 3.64. The van der Waals surface area contributed by atoms with Crippen LogP contribution in [0.2, 0.25) is 0 Å². The molecular formula is C16H19N3O. The van der Waals surface area contributed by atoms with Gasteiger partial charge in [0.15, 0.2) is 0 Å². The van der Waals surface area contributed by atoms with E-state index in [4.69, 9.17) is 0 Å². The highest BCUT2D eigenvalue weighted by Crippen LogP contribution is 2.19. The third kappa shape index (κ3) is 2.23. The van der Waals surface area contributed by atoms with Crippen molar-refractivity contribution in [2.75, 3.05) is 0 Å². The van der Waals surface area contributed by atoms with Crippen molar-refractivity contribution < 1.29 is 5.11 Å². The highest BCUT2D eigenvalue weighted by molar-refractivity contribution is 5.80. The minimum absolute atomic E-state index is 0.0765. The maximum Gasteiger partial charge on any atom is 0.0682 e. The molecule has 1 aromatic carbocycles. The summed E-state index contributed by atoms with van der Waals surface area (Å²) in [4.78, 5) is 0. The van der Waals surface area contributed by atoms with Gasteiger partial charge in [-0.05, 0) is 43.0 Å². The van der Waals surface area contributed by atoms with E-state index in [2.05, 4.69) is 47.1 Å². The van der Waals surface area contributed by atoms with Gasteiger partial charge in [-0.2, -0.15) is 5.10 Å². The lowest BCUT2D eigenvalue weighted by atomic mass is 10.2. The summed E-state index contributed by atoms with van der Waals surface area (Å²) in [6, 6.07) is 10.3. The Kier molecular flexibility index (Phi) is 3.32. The second-order valence-corrected chi connectivity index (χ2v) is 5.09. The van der Waals surface area contributed by atoms with Crippen molar-refractivity contribution in [3.8, 4) is 0 Å². The second-order valence-electron chi connectivity index (χ2n) is 5.09. The Labute approximate surface area is 118 Å². The summed E-state index contributed by atoms with van der Waals surface area (Å²) < 4.78 is 4.24. The molecule has 0 saturated carbocycles. The van der Waals surface area contributed by atoms with Crippen LogP contribution in [0, 0.1) is 6.92 Å². The predicted molar refractivity (Wildman–Crippen MR) is 79.6 cm³/mol. The maximum atomic E-state index is 9.28. The Morgan fingerprint density at radius 1 is 1.20 bits per heavy atom. The number of rotatable bonds is 4. The maximum absolute atomic E-state index is 9.28. The molecule has 4 heteroatoms. The molecule has 0 bridgehead atoms. The van der Waals surface area contributed by atoms with Gasteiger partial charge < -0.3 is 9.67 Å². The van der Waals surface area contributed by atoms with Crippen LogP contribution in [0.1, 0.15) is 23.9 Å². The molecule has 3 aromatic rings. The highest BCUT2D eigenvalue weighted by atomic mass is 16.3. The zero-order valence-electron chi connectivity index (χ0n) is 11.9. The average Bonchev–Trinajstić information content (AvgIpc) is 3.02. The van der Waals surface area contributed by atoms with Gasteiger partial charge in [0.2, 0.25) is 0 Å². The first-order valence-electron chi connectivity index (χ1n) is 6.93. The van der Waals surface area contributed by atoms with E-state index in [9.17, 15) is 5.11 Å². The zero-order chi connectivity index (χ0) is 14.1. The minimum Gasteiger partial charge on any atom is -0.392 e. The van der Waals surface area contributed by atoms with Crippen molar-refractivity contribution in [1.29, 1.82) is 0 Å². The molecule has 104 valence electrons. The molecule has 0 fully saturated rings. The van der Waals surface area contributed by atoms with Crippen molar-refractivity contribution in [1.82, 2.24) is 14.3 Å². The highest BCUT2D eigenvalue weighted by Gasteiger charge is 2.07. The van der Waals surface area contributed by atoms with E-state index in [0.717, 1.165) is 29.9 Å².